The molecular weight excluding hydrogens is 532 g/mol. The van der Waals surface area contributed by atoms with E-state index in [1.54, 1.807) is 24.3 Å². The third-order valence-corrected chi connectivity index (χ3v) is 9.58. The summed E-state index contributed by atoms with van der Waals surface area (Å²) in [5.74, 6) is -0.951. The van der Waals surface area contributed by atoms with Crippen molar-refractivity contribution in [3.8, 4) is 0 Å². The van der Waals surface area contributed by atoms with Crippen LogP contribution < -0.4 is 15.5 Å². The first-order valence-electron chi connectivity index (χ1n) is 13.8. The maximum absolute atomic E-state index is 13.8. The number of carbonyl (C=O) groups excluding carboxylic acids is 3. The highest BCUT2D eigenvalue weighted by molar-refractivity contribution is 7.89. The van der Waals surface area contributed by atoms with E-state index < -0.39 is 28.1 Å². The van der Waals surface area contributed by atoms with Crippen LogP contribution in [0, 0.1) is 5.92 Å². The molecule has 0 bridgehead atoms. The molecule has 3 fully saturated rings. The van der Waals surface area contributed by atoms with Crippen molar-refractivity contribution in [3.05, 3.63) is 54.2 Å². The molecule has 3 aliphatic heterocycles. The highest BCUT2D eigenvalue weighted by Crippen LogP contribution is 2.34. The van der Waals surface area contributed by atoms with Gasteiger partial charge in [-0.3, -0.25) is 14.4 Å². The zero-order valence-corrected chi connectivity index (χ0v) is 23.6. The zero-order chi connectivity index (χ0) is 28.4. The van der Waals surface area contributed by atoms with Crippen LogP contribution in [0.2, 0.25) is 0 Å². The van der Waals surface area contributed by atoms with Crippen molar-refractivity contribution >= 4 is 33.3 Å². The van der Waals surface area contributed by atoms with Gasteiger partial charge in [0.2, 0.25) is 5.91 Å². The number of nitrogens with one attached hydrogen (secondary N) is 2. The van der Waals surface area contributed by atoms with Crippen LogP contribution in [-0.2, 0) is 19.6 Å². The number of rotatable bonds is 8. The molecule has 2 N–H and O–H groups in total. The normalized spacial score (nSPS) is 22.4. The van der Waals surface area contributed by atoms with Gasteiger partial charge in [0, 0.05) is 50.2 Å². The Bertz CT molecular complexity index is 1350. The van der Waals surface area contributed by atoms with E-state index in [1.165, 1.54) is 21.5 Å². The molecule has 3 unspecified atom stereocenters. The summed E-state index contributed by atoms with van der Waals surface area (Å²) in [6, 6.07) is 9.58. The summed E-state index contributed by atoms with van der Waals surface area (Å²) in [4.78, 5) is 47.8. The van der Waals surface area contributed by atoms with Crippen LogP contribution >= 0.6 is 0 Å². The molecule has 3 saturated heterocycles. The Kier molecular flexibility index (Phi) is 8.20. The summed E-state index contributed by atoms with van der Waals surface area (Å²) >= 11 is 0. The second-order valence-electron chi connectivity index (χ2n) is 11.0. The lowest BCUT2D eigenvalue weighted by molar-refractivity contribution is -0.138. The number of amides is 2. The van der Waals surface area contributed by atoms with Crippen LogP contribution in [0.4, 0.5) is 5.69 Å². The van der Waals surface area contributed by atoms with Gasteiger partial charge in [-0.25, -0.2) is 13.4 Å². The lowest BCUT2D eigenvalue weighted by Gasteiger charge is -2.30. The molecule has 11 nitrogen and oxygen atoms in total. The summed E-state index contributed by atoms with van der Waals surface area (Å²) in [6.45, 7) is 7.47. The van der Waals surface area contributed by atoms with Crippen LogP contribution in [0.5, 0.6) is 0 Å². The van der Waals surface area contributed by atoms with E-state index in [-0.39, 0.29) is 41.6 Å². The van der Waals surface area contributed by atoms with Crippen molar-refractivity contribution in [2.75, 3.05) is 44.2 Å². The summed E-state index contributed by atoms with van der Waals surface area (Å²) in [5, 5.41) is 6.09. The number of hydrogen-bond donors (Lipinski definition) is 2. The lowest BCUT2D eigenvalue weighted by atomic mass is 10.0. The number of pyridine rings is 1. The maximum atomic E-state index is 13.8. The SMILES string of the molecule is CC(C)CC(NC(=O)c1ccc(N2CCNCC2)cc1)C(=O)N1CCC2C1C(=O)CN2S(=O)(=O)c1ccccn1. The van der Waals surface area contributed by atoms with Gasteiger partial charge in [-0.1, -0.05) is 19.9 Å². The molecule has 12 heteroatoms. The highest BCUT2D eigenvalue weighted by atomic mass is 32.2. The highest BCUT2D eigenvalue weighted by Gasteiger charge is 2.54. The molecule has 3 atom stereocenters. The van der Waals surface area contributed by atoms with Crippen LogP contribution in [0.3, 0.4) is 0 Å². The molecule has 0 aliphatic carbocycles. The van der Waals surface area contributed by atoms with Crippen LogP contribution in [0.1, 0.15) is 37.0 Å². The number of sulfonamides is 1. The number of ketones is 1. The topological polar surface area (TPSA) is 132 Å². The Labute approximate surface area is 235 Å². The van der Waals surface area contributed by atoms with Gasteiger partial charge in [-0.2, -0.15) is 4.31 Å². The minimum absolute atomic E-state index is 0.100. The van der Waals surface area contributed by atoms with Gasteiger partial charge in [0.05, 0.1) is 12.6 Å². The first-order chi connectivity index (χ1) is 19.2. The monoisotopic (exact) mass is 568 g/mol. The predicted molar refractivity (Wildman–Crippen MR) is 149 cm³/mol. The number of benzene rings is 1. The minimum atomic E-state index is -3.99. The van der Waals surface area contributed by atoms with E-state index in [0.29, 0.717) is 18.4 Å². The number of piperazine rings is 1. The maximum Gasteiger partial charge on any atom is 0.261 e. The van der Waals surface area contributed by atoms with Gasteiger partial charge in [-0.15, -0.1) is 0 Å². The molecule has 40 heavy (non-hydrogen) atoms. The third kappa shape index (κ3) is 5.61. The molecule has 4 heterocycles. The standard InChI is InChI=1S/C28H36N6O5S/c1-19(2)17-22(31-27(36)20-6-8-21(9-7-20)32-15-12-29-13-16-32)28(37)33-14-10-23-26(33)24(35)18-34(23)40(38,39)25-5-3-4-11-30-25/h3-9,11,19,22-23,26,29H,10,12-18H2,1-2H3,(H,31,36). The average Bonchev–Trinajstić information content (AvgIpc) is 3.54. The molecule has 0 saturated carbocycles. The Morgan fingerprint density at radius 1 is 1.07 bits per heavy atom. The Morgan fingerprint density at radius 2 is 1.80 bits per heavy atom. The second-order valence-corrected chi connectivity index (χ2v) is 12.8. The molecule has 214 valence electrons. The summed E-state index contributed by atoms with van der Waals surface area (Å²) in [6.07, 6.45) is 2.12. The minimum Gasteiger partial charge on any atom is -0.369 e. The van der Waals surface area contributed by atoms with Gasteiger partial charge in [-0.05, 0) is 55.2 Å². The fourth-order valence-corrected chi connectivity index (χ4v) is 7.40. The van der Waals surface area contributed by atoms with E-state index in [2.05, 4.69) is 20.5 Å². The van der Waals surface area contributed by atoms with E-state index in [4.69, 9.17) is 0 Å². The Hall–Kier alpha value is -3.35. The van der Waals surface area contributed by atoms with Crippen molar-refractivity contribution in [1.29, 1.82) is 0 Å². The van der Waals surface area contributed by atoms with Crippen LogP contribution in [0.25, 0.3) is 0 Å². The fraction of sp³-hybridized carbons (Fsp3) is 0.500. The molecule has 0 radical (unpaired) electrons. The van der Waals surface area contributed by atoms with E-state index >= 15 is 0 Å². The summed E-state index contributed by atoms with van der Waals surface area (Å²) in [7, 11) is -3.99. The Balaban J connectivity index is 1.30. The van der Waals surface area contributed by atoms with Crippen molar-refractivity contribution in [2.24, 2.45) is 5.92 Å². The number of carbonyl (C=O) groups is 3. The number of likely N-dealkylation sites (tertiary alicyclic amines) is 1. The molecule has 2 aromatic rings. The van der Waals surface area contributed by atoms with Crippen molar-refractivity contribution in [1.82, 2.24) is 24.8 Å². The number of hydrogen-bond acceptors (Lipinski definition) is 8. The number of Topliss-reactive ketones (excluding diaryl/α,β-unsaturated/α-hetero) is 1. The largest absolute Gasteiger partial charge is 0.369 e. The van der Waals surface area contributed by atoms with Crippen molar-refractivity contribution in [2.45, 2.75) is 49.8 Å². The smallest absolute Gasteiger partial charge is 0.261 e. The lowest BCUT2D eigenvalue weighted by Crippen LogP contribution is -2.53. The fourth-order valence-electron chi connectivity index (χ4n) is 5.84. The van der Waals surface area contributed by atoms with Gasteiger partial charge in [0.15, 0.2) is 10.8 Å². The number of anilines is 1. The van der Waals surface area contributed by atoms with Gasteiger partial charge >= 0.3 is 0 Å². The summed E-state index contributed by atoms with van der Waals surface area (Å²) in [5.41, 5.74) is 1.49. The van der Waals surface area contributed by atoms with E-state index in [1.807, 2.05) is 26.0 Å². The molecule has 1 aromatic carbocycles. The molecular formula is C28H36N6O5S. The van der Waals surface area contributed by atoms with Crippen molar-refractivity contribution < 1.29 is 22.8 Å². The Morgan fingerprint density at radius 3 is 2.45 bits per heavy atom. The average molecular weight is 569 g/mol. The third-order valence-electron chi connectivity index (χ3n) is 7.79. The first-order valence-corrected chi connectivity index (χ1v) is 15.2. The van der Waals surface area contributed by atoms with Gasteiger partial charge < -0.3 is 20.4 Å². The number of aromatic nitrogens is 1. The number of nitrogens with zero attached hydrogens (tertiary/aromatic N) is 4. The van der Waals surface area contributed by atoms with Crippen LogP contribution in [0.15, 0.2) is 53.7 Å². The van der Waals surface area contributed by atoms with E-state index in [9.17, 15) is 22.8 Å². The molecule has 2 amide bonds. The predicted octanol–water partition coefficient (Wildman–Crippen LogP) is 0.879. The summed E-state index contributed by atoms with van der Waals surface area (Å²) < 4.78 is 27.7. The first kappa shape index (κ1) is 28.2. The second kappa shape index (κ2) is 11.6. The quantitative estimate of drug-likeness (QED) is 0.480. The van der Waals surface area contributed by atoms with E-state index in [0.717, 1.165) is 31.9 Å². The van der Waals surface area contributed by atoms with Gasteiger partial charge in [0.25, 0.3) is 15.9 Å². The molecule has 0 spiro atoms. The van der Waals surface area contributed by atoms with Gasteiger partial charge in [0.1, 0.15) is 12.1 Å². The van der Waals surface area contributed by atoms with Crippen molar-refractivity contribution in [3.63, 3.8) is 0 Å². The molecule has 5 rings (SSSR count). The number of fused-ring (bicyclic) bond motifs is 1. The molecule has 1 aromatic heterocycles. The zero-order valence-electron chi connectivity index (χ0n) is 22.8. The molecule has 3 aliphatic rings. The van der Waals surface area contributed by atoms with Crippen LogP contribution in [-0.4, -0.2) is 97.6 Å².